The lowest BCUT2D eigenvalue weighted by Gasteiger charge is -2.24. The van der Waals surface area contributed by atoms with E-state index in [1.54, 1.807) is 0 Å². The van der Waals surface area contributed by atoms with Crippen LogP contribution in [0.5, 0.6) is 5.75 Å². The summed E-state index contributed by atoms with van der Waals surface area (Å²) in [5.74, 6) is 1.39. The van der Waals surface area contributed by atoms with Crippen molar-refractivity contribution in [1.82, 2.24) is 5.32 Å². The molecule has 2 unspecified atom stereocenters. The van der Waals surface area contributed by atoms with Gasteiger partial charge in [0.2, 0.25) is 0 Å². The Hall–Kier alpha value is -0.770. The number of rotatable bonds is 9. The summed E-state index contributed by atoms with van der Waals surface area (Å²) in [7, 11) is 0. The molecule has 0 spiro atoms. The van der Waals surface area contributed by atoms with Gasteiger partial charge in [0.25, 0.3) is 0 Å². The van der Waals surface area contributed by atoms with Gasteiger partial charge in [-0.3, -0.25) is 0 Å². The number of hydrogen-bond acceptors (Lipinski definition) is 3. The number of nitrogens with one attached hydrogen (secondary N) is 1. The average Bonchev–Trinajstić information content (AvgIpc) is 2.47. The Bertz CT molecular complexity index is 421. The third kappa shape index (κ3) is 6.25. The number of benzene rings is 1. The van der Waals surface area contributed by atoms with Crippen molar-refractivity contribution in [1.29, 1.82) is 0 Å². The molecule has 0 aliphatic heterocycles. The second-order valence-electron chi connectivity index (χ2n) is 5.65. The van der Waals surface area contributed by atoms with Crippen LogP contribution in [0.3, 0.4) is 0 Å². The highest BCUT2D eigenvalue weighted by molar-refractivity contribution is 6.31. The van der Waals surface area contributed by atoms with Crippen LogP contribution in [0.2, 0.25) is 5.02 Å². The molecule has 2 N–H and O–H groups in total. The van der Waals surface area contributed by atoms with Gasteiger partial charge in [0.05, 0.1) is 0 Å². The van der Waals surface area contributed by atoms with Crippen LogP contribution in [-0.4, -0.2) is 30.4 Å². The summed E-state index contributed by atoms with van der Waals surface area (Å²) in [4.78, 5) is 0. The van der Waals surface area contributed by atoms with E-state index in [-0.39, 0.29) is 6.61 Å². The molecule has 21 heavy (non-hydrogen) atoms. The Morgan fingerprint density at radius 1 is 1.29 bits per heavy atom. The topological polar surface area (TPSA) is 41.5 Å². The minimum Gasteiger partial charge on any atom is -0.491 e. The SMILES string of the molecule is CCC(CC)C(C)NCC(O)COc1ccc(Cl)c(C)c1. The van der Waals surface area contributed by atoms with Gasteiger partial charge in [0.1, 0.15) is 18.5 Å². The van der Waals surface area contributed by atoms with Crippen LogP contribution in [0, 0.1) is 12.8 Å². The molecule has 0 aliphatic rings. The van der Waals surface area contributed by atoms with E-state index in [0.717, 1.165) is 29.2 Å². The highest BCUT2D eigenvalue weighted by Crippen LogP contribution is 2.21. The standard InChI is InChI=1S/C17H28ClNO2/c1-5-14(6-2)13(4)19-10-15(20)11-21-16-7-8-17(18)12(3)9-16/h7-9,13-15,19-20H,5-6,10-11H2,1-4H3. The predicted octanol–water partition coefficient (Wildman–Crippen LogP) is 3.80. The molecule has 0 aromatic heterocycles. The highest BCUT2D eigenvalue weighted by Gasteiger charge is 2.14. The fourth-order valence-corrected chi connectivity index (χ4v) is 2.56. The van der Waals surface area contributed by atoms with Crippen molar-refractivity contribution >= 4 is 11.6 Å². The zero-order valence-electron chi connectivity index (χ0n) is 13.5. The predicted molar refractivity (Wildman–Crippen MR) is 89.2 cm³/mol. The first-order chi connectivity index (χ1) is 9.97. The van der Waals surface area contributed by atoms with Gasteiger partial charge in [-0.15, -0.1) is 0 Å². The molecule has 0 fully saturated rings. The number of aliphatic hydroxyl groups excluding tert-OH is 1. The minimum atomic E-state index is -0.516. The Morgan fingerprint density at radius 2 is 1.95 bits per heavy atom. The fourth-order valence-electron chi connectivity index (χ4n) is 2.44. The Labute approximate surface area is 133 Å². The molecule has 2 atom stereocenters. The molecule has 0 amide bonds. The summed E-state index contributed by atoms with van der Waals surface area (Å²) in [5, 5.41) is 14.1. The van der Waals surface area contributed by atoms with Gasteiger partial charge in [0, 0.05) is 17.6 Å². The van der Waals surface area contributed by atoms with Crippen LogP contribution in [0.1, 0.15) is 39.2 Å². The third-order valence-corrected chi connectivity index (χ3v) is 4.43. The summed E-state index contributed by atoms with van der Waals surface area (Å²) >= 11 is 5.97. The second kappa shape index (κ2) is 9.29. The van der Waals surface area contributed by atoms with E-state index in [1.807, 2.05) is 25.1 Å². The Morgan fingerprint density at radius 3 is 2.52 bits per heavy atom. The smallest absolute Gasteiger partial charge is 0.119 e. The van der Waals surface area contributed by atoms with Crippen LogP contribution in [0.15, 0.2) is 18.2 Å². The van der Waals surface area contributed by atoms with Crippen LogP contribution < -0.4 is 10.1 Å². The van der Waals surface area contributed by atoms with E-state index in [1.165, 1.54) is 0 Å². The largest absolute Gasteiger partial charge is 0.491 e. The fraction of sp³-hybridized carbons (Fsp3) is 0.647. The van der Waals surface area contributed by atoms with Gasteiger partial charge in [-0.05, 0) is 43.5 Å². The molecule has 0 heterocycles. The molecule has 0 saturated carbocycles. The molecular weight excluding hydrogens is 286 g/mol. The molecular formula is C17H28ClNO2. The van der Waals surface area contributed by atoms with Crippen LogP contribution in [0.25, 0.3) is 0 Å². The molecule has 120 valence electrons. The van der Waals surface area contributed by atoms with Gasteiger partial charge in [0.15, 0.2) is 0 Å². The van der Waals surface area contributed by atoms with Crippen molar-refractivity contribution in [2.45, 2.75) is 52.7 Å². The van der Waals surface area contributed by atoms with Gasteiger partial charge in [-0.1, -0.05) is 38.3 Å². The zero-order chi connectivity index (χ0) is 15.8. The van der Waals surface area contributed by atoms with Gasteiger partial charge in [-0.25, -0.2) is 0 Å². The van der Waals surface area contributed by atoms with Crippen molar-refractivity contribution in [3.8, 4) is 5.75 Å². The van der Waals surface area contributed by atoms with Gasteiger partial charge < -0.3 is 15.2 Å². The quantitative estimate of drug-likeness (QED) is 0.728. The lowest BCUT2D eigenvalue weighted by atomic mass is 9.95. The minimum absolute atomic E-state index is 0.281. The summed E-state index contributed by atoms with van der Waals surface area (Å²) in [6, 6.07) is 5.93. The number of hydrogen-bond donors (Lipinski definition) is 2. The first kappa shape index (κ1) is 18.3. The number of halogens is 1. The highest BCUT2D eigenvalue weighted by atomic mass is 35.5. The Kier molecular flexibility index (Phi) is 8.09. The van der Waals surface area contributed by atoms with Crippen molar-refractivity contribution in [3.05, 3.63) is 28.8 Å². The van der Waals surface area contributed by atoms with E-state index in [4.69, 9.17) is 16.3 Å². The summed E-state index contributed by atoms with van der Waals surface area (Å²) in [5.41, 5.74) is 0.976. The van der Waals surface area contributed by atoms with E-state index < -0.39 is 6.10 Å². The van der Waals surface area contributed by atoms with Crippen molar-refractivity contribution in [2.75, 3.05) is 13.2 Å². The number of aryl methyl sites for hydroxylation is 1. The van der Waals surface area contributed by atoms with E-state index in [0.29, 0.717) is 18.5 Å². The molecule has 0 bridgehead atoms. The summed E-state index contributed by atoms with van der Waals surface area (Å²) in [6.45, 7) is 9.34. The van der Waals surface area contributed by atoms with Crippen LogP contribution in [-0.2, 0) is 0 Å². The van der Waals surface area contributed by atoms with Crippen LogP contribution >= 0.6 is 11.6 Å². The molecule has 4 heteroatoms. The maximum absolute atomic E-state index is 10.00. The van der Waals surface area contributed by atoms with Crippen molar-refractivity contribution in [3.63, 3.8) is 0 Å². The lowest BCUT2D eigenvalue weighted by Crippen LogP contribution is -2.40. The first-order valence-electron chi connectivity index (χ1n) is 7.78. The van der Waals surface area contributed by atoms with Gasteiger partial charge >= 0.3 is 0 Å². The number of ether oxygens (including phenoxy) is 1. The molecule has 0 saturated heterocycles. The maximum Gasteiger partial charge on any atom is 0.119 e. The zero-order valence-corrected chi connectivity index (χ0v) is 14.3. The van der Waals surface area contributed by atoms with Crippen molar-refractivity contribution in [2.24, 2.45) is 5.92 Å². The monoisotopic (exact) mass is 313 g/mol. The lowest BCUT2D eigenvalue weighted by molar-refractivity contribution is 0.101. The number of aliphatic hydroxyl groups is 1. The maximum atomic E-state index is 10.00. The summed E-state index contributed by atoms with van der Waals surface area (Å²) in [6.07, 6.45) is 1.79. The van der Waals surface area contributed by atoms with Crippen LogP contribution in [0.4, 0.5) is 0 Å². The normalized spacial score (nSPS) is 14.2. The molecule has 3 nitrogen and oxygen atoms in total. The van der Waals surface area contributed by atoms with Crippen molar-refractivity contribution < 1.29 is 9.84 Å². The van der Waals surface area contributed by atoms with Gasteiger partial charge in [-0.2, -0.15) is 0 Å². The Balaban J connectivity index is 2.33. The molecule has 1 aromatic rings. The molecule has 0 radical (unpaired) electrons. The summed E-state index contributed by atoms with van der Waals surface area (Å²) < 4.78 is 5.60. The average molecular weight is 314 g/mol. The van der Waals surface area contributed by atoms with E-state index in [9.17, 15) is 5.11 Å². The molecule has 0 aliphatic carbocycles. The third-order valence-electron chi connectivity index (χ3n) is 4.00. The second-order valence-corrected chi connectivity index (χ2v) is 6.06. The van der Waals surface area contributed by atoms with E-state index >= 15 is 0 Å². The van der Waals surface area contributed by atoms with E-state index in [2.05, 4.69) is 26.1 Å². The molecule has 1 aromatic carbocycles. The molecule has 1 rings (SSSR count). The first-order valence-corrected chi connectivity index (χ1v) is 8.16.